The number of aromatic carboxylic acids is 1. The van der Waals surface area contributed by atoms with Crippen LogP contribution in [0.25, 0.3) is 0 Å². The fourth-order valence-corrected chi connectivity index (χ4v) is 2.63. The van der Waals surface area contributed by atoms with Gasteiger partial charge in [0.1, 0.15) is 0 Å². The van der Waals surface area contributed by atoms with Gasteiger partial charge in [0.2, 0.25) is 0 Å². The van der Waals surface area contributed by atoms with Gasteiger partial charge in [-0.05, 0) is 55.2 Å². The molecule has 5 nitrogen and oxygen atoms in total. The van der Waals surface area contributed by atoms with E-state index in [1.54, 1.807) is 29.2 Å². The second-order valence-corrected chi connectivity index (χ2v) is 5.04. The minimum absolute atomic E-state index is 0.189. The molecule has 1 aromatic carbocycles. The van der Waals surface area contributed by atoms with Gasteiger partial charge < -0.3 is 14.4 Å². The molecular formula is C16H15NO4. The first-order chi connectivity index (χ1) is 10.2. The highest BCUT2D eigenvalue weighted by atomic mass is 16.4. The van der Waals surface area contributed by atoms with Gasteiger partial charge in [0, 0.05) is 12.2 Å². The molecule has 0 aliphatic carbocycles. The van der Waals surface area contributed by atoms with Crippen LogP contribution in [0.2, 0.25) is 0 Å². The Bertz CT molecular complexity index is 676. The third-order valence-electron chi connectivity index (χ3n) is 3.67. The summed E-state index contributed by atoms with van der Waals surface area (Å²) < 4.78 is 5.18. The summed E-state index contributed by atoms with van der Waals surface area (Å²) in [5.41, 5.74) is 1.92. The monoisotopic (exact) mass is 285 g/mol. The van der Waals surface area contributed by atoms with Crippen molar-refractivity contribution in [1.29, 1.82) is 0 Å². The number of hydrogen-bond donors (Lipinski definition) is 1. The van der Waals surface area contributed by atoms with E-state index in [-0.39, 0.29) is 11.5 Å². The molecular weight excluding hydrogens is 270 g/mol. The first-order valence-electron chi connectivity index (χ1n) is 6.88. The lowest BCUT2D eigenvalue weighted by molar-refractivity contribution is 0.0696. The number of carbonyl (C=O) groups excluding carboxylic acids is 1. The Morgan fingerprint density at radius 3 is 2.76 bits per heavy atom. The molecule has 0 atom stereocenters. The lowest BCUT2D eigenvalue weighted by atomic mass is 10.0. The number of anilines is 1. The van der Waals surface area contributed by atoms with Gasteiger partial charge in [0.15, 0.2) is 5.76 Å². The number of rotatable bonds is 2. The van der Waals surface area contributed by atoms with Crippen LogP contribution in [0.5, 0.6) is 0 Å². The summed E-state index contributed by atoms with van der Waals surface area (Å²) in [5, 5.41) is 9.09. The fraction of sp³-hybridized carbons (Fsp3) is 0.250. The number of amides is 1. The summed E-state index contributed by atoms with van der Waals surface area (Å²) in [6.45, 7) is 0.610. The van der Waals surface area contributed by atoms with Gasteiger partial charge in [0.25, 0.3) is 5.91 Å². The van der Waals surface area contributed by atoms with Crippen molar-refractivity contribution >= 4 is 17.6 Å². The van der Waals surface area contributed by atoms with Crippen molar-refractivity contribution in [1.82, 2.24) is 0 Å². The maximum atomic E-state index is 12.5. The summed E-state index contributed by atoms with van der Waals surface area (Å²) in [6, 6.07) is 8.23. The number of aryl methyl sites for hydroxylation is 1. The maximum absolute atomic E-state index is 12.5. The van der Waals surface area contributed by atoms with Gasteiger partial charge in [-0.15, -0.1) is 0 Å². The summed E-state index contributed by atoms with van der Waals surface area (Å²) in [5.74, 6) is -0.845. The number of furan rings is 1. The Morgan fingerprint density at radius 1 is 1.19 bits per heavy atom. The van der Waals surface area contributed by atoms with Crippen LogP contribution in [0.4, 0.5) is 5.69 Å². The molecule has 1 aliphatic rings. The van der Waals surface area contributed by atoms with Gasteiger partial charge in [0.05, 0.1) is 11.8 Å². The van der Waals surface area contributed by atoms with Crippen LogP contribution >= 0.6 is 0 Å². The Kier molecular flexibility index (Phi) is 3.48. The molecule has 2 aromatic rings. The number of fused-ring (bicyclic) bond motifs is 1. The lowest BCUT2D eigenvalue weighted by Crippen LogP contribution is -2.31. The molecule has 21 heavy (non-hydrogen) atoms. The van der Waals surface area contributed by atoms with E-state index in [4.69, 9.17) is 9.52 Å². The molecule has 1 aromatic heterocycles. The Balaban J connectivity index is 2.01. The number of carboxylic acid groups (broad SMARTS) is 1. The molecule has 0 unspecified atom stereocenters. The van der Waals surface area contributed by atoms with Gasteiger partial charge in [-0.2, -0.15) is 0 Å². The average molecular weight is 285 g/mol. The topological polar surface area (TPSA) is 70.8 Å². The average Bonchev–Trinajstić information content (AvgIpc) is 2.93. The molecule has 2 heterocycles. The quantitative estimate of drug-likeness (QED) is 0.920. The van der Waals surface area contributed by atoms with Gasteiger partial charge >= 0.3 is 5.97 Å². The largest absolute Gasteiger partial charge is 0.478 e. The highest BCUT2D eigenvalue weighted by Gasteiger charge is 2.24. The zero-order valence-corrected chi connectivity index (χ0v) is 11.4. The van der Waals surface area contributed by atoms with Crippen LogP contribution in [0.1, 0.15) is 39.3 Å². The van der Waals surface area contributed by atoms with Crippen molar-refractivity contribution in [3.8, 4) is 0 Å². The van der Waals surface area contributed by atoms with E-state index in [0.717, 1.165) is 30.5 Å². The normalized spacial score (nSPS) is 14.4. The minimum Gasteiger partial charge on any atom is -0.478 e. The van der Waals surface area contributed by atoms with E-state index in [2.05, 4.69) is 0 Å². The molecule has 0 fully saturated rings. The van der Waals surface area contributed by atoms with E-state index in [9.17, 15) is 9.59 Å². The first-order valence-corrected chi connectivity index (χ1v) is 6.88. The molecule has 1 aliphatic heterocycles. The van der Waals surface area contributed by atoms with Crippen LogP contribution in [0, 0.1) is 0 Å². The first kappa shape index (κ1) is 13.4. The zero-order valence-electron chi connectivity index (χ0n) is 11.4. The zero-order chi connectivity index (χ0) is 14.8. The molecule has 1 amide bonds. The second-order valence-electron chi connectivity index (χ2n) is 5.04. The third-order valence-corrected chi connectivity index (χ3v) is 3.67. The molecule has 1 N–H and O–H groups in total. The molecule has 0 bridgehead atoms. The van der Waals surface area contributed by atoms with Crippen molar-refractivity contribution in [2.75, 3.05) is 11.4 Å². The number of benzene rings is 1. The minimum atomic E-state index is -0.953. The van der Waals surface area contributed by atoms with E-state index in [0.29, 0.717) is 12.3 Å². The van der Waals surface area contributed by atoms with Crippen LogP contribution in [-0.2, 0) is 6.42 Å². The number of carboxylic acids is 1. The highest BCUT2D eigenvalue weighted by Crippen LogP contribution is 2.29. The molecule has 108 valence electrons. The Hall–Kier alpha value is -2.56. The summed E-state index contributed by atoms with van der Waals surface area (Å²) in [7, 11) is 0. The van der Waals surface area contributed by atoms with Crippen molar-refractivity contribution in [2.24, 2.45) is 0 Å². The van der Waals surface area contributed by atoms with Crippen LogP contribution in [0.3, 0.4) is 0 Å². The van der Waals surface area contributed by atoms with Crippen LogP contribution in [0.15, 0.2) is 41.0 Å². The van der Waals surface area contributed by atoms with Gasteiger partial charge in [-0.1, -0.05) is 0 Å². The third kappa shape index (κ3) is 2.54. The smallest absolute Gasteiger partial charge is 0.335 e. The SMILES string of the molecule is O=C(O)c1ccc2c(c1)CCCCN2C(=O)c1ccco1. The van der Waals surface area contributed by atoms with Crippen molar-refractivity contribution < 1.29 is 19.1 Å². The summed E-state index contributed by atoms with van der Waals surface area (Å²) >= 11 is 0. The second kappa shape index (κ2) is 5.44. The standard InChI is InChI=1S/C16H15NO4/c18-15(14-5-3-9-21-14)17-8-2-1-4-11-10-12(16(19)20)6-7-13(11)17/h3,5-7,9-10H,1-2,4,8H2,(H,19,20). The summed E-state index contributed by atoms with van der Waals surface area (Å²) in [6.07, 6.45) is 4.05. The van der Waals surface area contributed by atoms with Crippen LogP contribution < -0.4 is 4.90 Å². The number of nitrogens with zero attached hydrogens (tertiary/aromatic N) is 1. The summed E-state index contributed by atoms with van der Waals surface area (Å²) in [4.78, 5) is 25.3. The predicted molar refractivity (Wildman–Crippen MR) is 76.7 cm³/mol. The van der Waals surface area contributed by atoms with E-state index < -0.39 is 5.97 Å². The lowest BCUT2D eigenvalue weighted by Gasteiger charge is -2.22. The maximum Gasteiger partial charge on any atom is 0.335 e. The fourth-order valence-electron chi connectivity index (χ4n) is 2.63. The van der Waals surface area contributed by atoms with Crippen molar-refractivity contribution in [3.05, 3.63) is 53.5 Å². The molecule has 0 radical (unpaired) electrons. The molecule has 0 spiro atoms. The Morgan fingerprint density at radius 2 is 2.05 bits per heavy atom. The number of carbonyl (C=O) groups is 2. The van der Waals surface area contributed by atoms with Crippen molar-refractivity contribution in [2.45, 2.75) is 19.3 Å². The molecule has 3 rings (SSSR count). The predicted octanol–water partition coefficient (Wildman–Crippen LogP) is 2.96. The van der Waals surface area contributed by atoms with E-state index >= 15 is 0 Å². The molecule has 0 saturated carbocycles. The van der Waals surface area contributed by atoms with Gasteiger partial charge in [-0.3, -0.25) is 4.79 Å². The van der Waals surface area contributed by atoms with E-state index in [1.807, 2.05) is 0 Å². The van der Waals surface area contributed by atoms with Crippen LogP contribution in [-0.4, -0.2) is 23.5 Å². The molecule has 5 heteroatoms. The number of hydrogen-bond acceptors (Lipinski definition) is 3. The van der Waals surface area contributed by atoms with E-state index in [1.165, 1.54) is 12.3 Å². The Labute approximate surface area is 121 Å². The van der Waals surface area contributed by atoms with Crippen molar-refractivity contribution in [3.63, 3.8) is 0 Å². The highest BCUT2D eigenvalue weighted by molar-refractivity contribution is 6.05. The van der Waals surface area contributed by atoms with Gasteiger partial charge in [-0.25, -0.2) is 4.79 Å². The molecule has 0 saturated heterocycles.